The summed E-state index contributed by atoms with van der Waals surface area (Å²) >= 11 is 6.15. The van der Waals surface area contributed by atoms with Crippen molar-refractivity contribution in [2.24, 2.45) is 0 Å². The zero-order valence-corrected chi connectivity index (χ0v) is 13.2. The van der Waals surface area contributed by atoms with Crippen LogP contribution in [0.5, 0.6) is 5.75 Å². The second-order valence-corrected chi connectivity index (χ2v) is 5.42. The van der Waals surface area contributed by atoms with E-state index in [1.165, 1.54) is 11.1 Å². The van der Waals surface area contributed by atoms with Crippen molar-refractivity contribution in [3.8, 4) is 5.75 Å². The van der Waals surface area contributed by atoms with Crippen molar-refractivity contribution in [3.05, 3.63) is 64.7 Å². The summed E-state index contributed by atoms with van der Waals surface area (Å²) in [7, 11) is 0. The standard InChI is InChI=1S/C18H22ClNO/c1-2-12-21-17-8-5-6-15(13-17)14-20-11-10-16-7-3-4-9-18(16)19/h3-9,13,20H,2,10-12,14H2,1H3. The molecule has 2 aromatic rings. The van der Waals surface area contributed by atoms with Gasteiger partial charge in [-0.3, -0.25) is 0 Å². The summed E-state index contributed by atoms with van der Waals surface area (Å²) in [6.45, 7) is 4.63. The first-order valence-electron chi connectivity index (χ1n) is 7.45. The highest BCUT2D eigenvalue weighted by Gasteiger charge is 2.00. The molecule has 2 nitrogen and oxygen atoms in total. The molecule has 0 heterocycles. The predicted molar refractivity (Wildman–Crippen MR) is 89.1 cm³/mol. The van der Waals surface area contributed by atoms with Crippen molar-refractivity contribution >= 4 is 11.6 Å². The Balaban J connectivity index is 1.77. The lowest BCUT2D eigenvalue weighted by Gasteiger charge is -2.09. The number of ether oxygens (including phenoxy) is 1. The minimum atomic E-state index is 0.767. The SMILES string of the molecule is CCCOc1cccc(CNCCc2ccccc2Cl)c1. The Morgan fingerprint density at radius 1 is 1.10 bits per heavy atom. The van der Waals surface area contributed by atoms with Crippen LogP contribution in [0, 0.1) is 0 Å². The molecule has 0 bridgehead atoms. The summed E-state index contributed by atoms with van der Waals surface area (Å²) in [6, 6.07) is 16.2. The molecule has 112 valence electrons. The van der Waals surface area contributed by atoms with Gasteiger partial charge in [-0.25, -0.2) is 0 Å². The molecular weight excluding hydrogens is 282 g/mol. The van der Waals surface area contributed by atoms with Crippen molar-refractivity contribution in [1.29, 1.82) is 0 Å². The fourth-order valence-corrected chi connectivity index (χ4v) is 2.35. The Bertz CT molecular complexity index is 556. The third-order valence-corrected chi connectivity index (χ3v) is 3.60. The van der Waals surface area contributed by atoms with Crippen LogP contribution in [-0.2, 0) is 13.0 Å². The van der Waals surface area contributed by atoms with Gasteiger partial charge in [0.05, 0.1) is 6.61 Å². The third-order valence-electron chi connectivity index (χ3n) is 3.23. The maximum atomic E-state index is 6.15. The first-order chi connectivity index (χ1) is 10.3. The first kappa shape index (κ1) is 15.9. The van der Waals surface area contributed by atoms with Crippen LogP contribution in [0.25, 0.3) is 0 Å². The molecule has 0 aliphatic carbocycles. The predicted octanol–water partition coefficient (Wildman–Crippen LogP) is 4.46. The first-order valence-corrected chi connectivity index (χ1v) is 7.83. The van der Waals surface area contributed by atoms with Crippen molar-refractivity contribution in [2.45, 2.75) is 26.3 Å². The highest BCUT2D eigenvalue weighted by Crippen LogP contribution is 2.15. The van der Waals surface area contributed by atoms with Crippen molar-refractivity contribution in [2.75, 3.05) is 13.2 Å². The Kier molecular flexibility index (Phi) is 6.58. The van der Waals surface area contributed by atoms with E-state index in [9.17, 15) is 0 Å². The molecule has 0 atom stereocenters. The van der Waals surface area contributed by atoms with Gasteiger partial charge in [0, 0.05) is 11.6 Å². The molecule has 0 unspecified atom stereocenters. The fourth-order valence-electron chi connectivity index (χ4n) is 2.12. The van der Waals surface area contributed by atoms with Crippen LogP contribution in [0.1, 0.15) is 24.5 Å². The molecule has 1 N–H and O–H groups in total. The number of benzene rings is 2. The van der Waals surface area contributed by atoms with Gasteiger partial charge in [-0.15, -0.1) is 0 Å². The van der Waals surface area contributed by atoms with E-state index in [1.54, 1.807) is 0 Å². The number of nitrogens with one attached hydrogen (secondary N) is 1. The van der Waals surface area contributed by atoms with Crippen molar-refractivity contribution < 1.29 is 4.74 Å². The summed E-state index contributed by atoms with van der Waals surface area (Å²) in [4.78, 5) is 0. The molecule has 21 heavy (non-hydrogen) atoms. The van der Waals surface area contributed by atoms with Crippen LogP contribution >= 0.6 is 11.6 Å². The van der Waals surface area contributed by atoms with E-state index in [0.29, 0.717) is 0 Å². The summed E-state index contributed by atoms with van der Waals surface area (Å²) in [5.74, 6) is 0.947. The van der Waals surface area contributed by atoms with Crippen molar-refractivity contribution in [3.63, 3.8) is 0 Å². The van der Waals surface area contributed by atoms with Gasteiger partial charge in [-0.1, -0.05) is 48.9 Å². The smallest absolute Gasteiger partial charge is 0.119 e. The van der Waals surface area contributed by atoms with E-state index in [4.69, 9.17) is 16.3 Å². The zero-order chi connectivity index (χ0) is 14.9. The van der Waals surface area contributed by atoms with Gasteiger partial charge in [-0.05, 0) is 48.7 Å². The van der Waals surface area contributed by atoms with Gasteiger partial charge in [0.1, 0.15) is 5.75 Å². The Morgan fingerprint density at radius 3 is 2.76 bits per heavy atom. The molecule has 0 spiro atoms. The van der Waals surface area contributed by atoms with Crippen LogP contribution in [0.2, 0.25) is 5.02 Å². The van der Waals surface area contributed by atoms with Crippen molar-refractivity contribution in [1.82, 2.24) is 5.32 Å². The zero-order valence-electron chi connectivity index (χ0n) is 12.4. The summed E-state index contributed by atoms with van der Waals surface area (Å²) < 4.78 is 5.64. The van der Waals surface area contributed by atoms with E-state index in [2.05, 4.69) is 30.4 Å². The largest absolute Gasteiger partial charge is 0.494 e. The molecule has 0 aromatic heterocycles. The number of rotatable bonds is 8. The fraction of sp³-hybridized carbons (Fsp3) is 0.333. The number of hydrogen-bond donors (Lipinski definition) is 1. The lowest BCUT2D eigenvalue weighted by atomic mass is 10.1. The molecule has 2 rings (SSSR count). The monoisotopic (exact) mass is 303 g/mol. The highest BCUT2D eigenvalue weighted by molar-refractivity contribution is 6.31. The normalized spacial score (nSPS) is 10.6. The Labute approximate surface area is 132 Å². The summed E-state index contributed by atoms with van der Waals surface area (Å²) in [6.07, 6.45) is 1.96. The number of halogens is 1. The molecule has 0 saturated heterocycles. The maximum absolute atomic E-state index is 6.15. The van der Waals surface area contributed by atoms with E-state index in [0.717, 1.165) is 43.3 Å². The van der Waals surface area contributed by atoms with Crippen LogP contribution in [0.15, 0.2) is 48.5 Å². The van der Waals surface area contributed by atoms with Gasteiger partial charge in [-0.2, -0.15) is 0 Å². The highest BCUT2D eigenvalue weighted by atomic mass is 35.5. The van der Waals surface area contributed by atoms with Crippen LogP contribution in [0.4, 0.5) is 0 Å². The molecule has 0 fully saturated rings. The minimum absolute atomic E-state index is 0.767. The maximum Gasteiger partial charge on any atom is 0.119 e. The molecular formula is C18H22ClNO. The molecule has 3 heteroatoms. The van der Waals surface area contributed by atoms with Gasteiger partial charge in [0.15, 0.2) is 0 Å². The van der Waals surface area contributed by atoms with Gasteiger partial charge in [0.25, 0.3) is 0 Å². The quantitative estimate of drug-likeness (QED) is 0.727. The second kappa shape index (κ2) is 8.71. The summed E-state index contributed by atoms with van der Waals surface area (Å²) in [5, 5.41) is 4.29. The van der Waals surface area contributed by atoms with E-state index in [1.807, 2.05) is 30.3 Å². The van der Waals surface area contributed by atoms with Gasteiger partial charge >= 0.3 is 0 Å². The molecule has 0 saturated carbocycles. The van der Waals surface area contributed by atoms with Gasteiger partial charge in [0.2, 0.25) is 0 Å². The topological polar surface area (TPSA) is 21.3 Å². The average Bonchev–Trinajstić information content (AvgIpc) is 2.51. The van der Waals surface area contributed by atoms with Crippen LogP contribution in [0.3, 0.4) is 0 Å². The van der Waals surface area contributed by atoms with E-state index >= 15 is 0 Å². The molecule has 0 amide bonds. The molecule has 0 aliphatic heterocycles. The molecule has 2 aromatic carbocycles. The van der Waals surface area contributed by atoms with Crippen LogP contribution < -0.4 is 10.1 Å². The molecule has 0 aliphatic rings. The number of hydrogen-bond acceptors (Lipinski definition) is 2. The molecule has 0 radical (unpaired) electrons. The van der Waals surface area contributed by atoms with E-state index < -0.39 is 0 Å². The van der Waals surface area contributed by atoms with Gasteiger partial charge < -0.3 is 10.1 Å². The Hall–Kier alpha value is -1.51. The third kappa shape index (κ3) is 5.41. The second-order valence-electron chi connectivity index (χ2n) is 5.01. The minimum Gasteiger partial charge on any atom is -0.494 e. The lowest BCUT2D eigenvalue weighted by Crippen LogP contribution is -2.16. The lowest BCUT2D eigenvalue weighted by molar-refractivity contribution is 0.317. The Morgan fingerprint density at radius 2 is 1.95 bits per heavy atom. The van der Waals surface area contributed by atoms with Crippen LogP contribution in [-0.4, -0.2) is 13.2 Å². The average molecular weight is 304 g/mol. The van der Waals surface area contributed by atoms with E-state index in [-0.39, 0.29) is 0 Å². The summed E-state index contributed by atoms with van der Waals surface area (Å²) in [5.41, 5.74) is 2.43.